The molecule has 646 valence electrons. The lowest BCUT2D eigenvalue weighted by molar-refractivity contribution is -0.148. The van der Waals surface area contributed by atoms with E-state index in [2.05, 4.69) is 47.2 Å². The number of amides is 6. The maximum atomic E-state index is 14.5. The molecule has 2 aromatic heterocycles. The Balaban J connectivity index is 0.000000190. The zero-order chi connectivity index (χ0) is 85.7. The number of ether oxygens (including phenoxy) is 10. The van der Waals surface area contributed by atoms with Crippen LogP contribution in [0.1, 0.15) is 146 Å². The number of alkyl carbamates (subject to hydrolysis) is 2. The Morgan fingerprint density at radius 2 is 1.08 bits per heavy atom. The van der Waals surface area contributed by atoms with E-state index < -0.39 is 116 Å². The molecule has 13 rings (SSSR count). The number of nitrogens with one attached hydrogen (secondary N) is 5. The van der Waals surface area contributed by atoms with Crippen LogP contribution in [-0.2, 0) is 66.8 Å². The lowest BCUT2D eigenvalue weighted by atomic mass is 9.85. The van der Waals surface area contributed by atoms with Gasteiger partial charge in [-0.1, -0.05) is 107 Å². The third-order valence-corrected chi connectivity index (χ3v) is 25.9. The number of hydrogen-bond acceptors (Lipinski definition) is 23. The van der Waals surface area contributed by atoms with E-state index in [-0.39, 0.29) is 77.8 Å². The SMILES string of the molecule is CCOc1cc(=O)c2ccc(OCCOC)c(Cl)c2[nH]1.CCOc1cc(O[C@@H]2C[C@@H](C(=O)N[C@]3(C(=O)O)C[C@H]3CC)N(C(=O)[C@@H](NC(=O)OC3C[C@@H]4C[C@@H]4C3)C(C)(C)C)C2)c2ccc(OCCOC)c(Cl)c2n1.CC[C@@H]1C[C@]1(NC(=O)[C@@H]1C[C@H](OS(=O)(=O)c2ccc(Br)cc2)CN1C(=O)[C@@H](NC(=O)OC1C[C@@H]2C[C@@H]2C1)C(C)(C)C)C(=O)OC. The van der Waals surface area contributed by atoms with Crippen molar-refractivity contribution in [1.29, 1.82) is 0 Å². The van der Waals surface area contributed by atoms with E-state index in [9.17, 15) is 56.7 Å². The van der Waals surface area contributed by atoms with Crippen LogP contribution in [0.4, 0.5) is 9.59 Å². The topological polar surface area (TPSA) is 393 Å². The lowest BCUT2D eigenvalue weighted by Gasteiger charge is -2.35. The predicted molar refractivity (Wildman–Crippen MR) is 437 cm³/mol. The Kier molecular flexibility index (Phi) is 28.8. The van der Waals surface area contributed by atoms with Crippen LogP contribution in [0, 0.1) is 46.3 Å². The van der Waals surface area contributed by atoms with Gasteiger partial charge in [0.05, 0.1) is 56.6 Å². The van der Waals surface area contributed by atoms with Gasteiger partial charge in [0.1, 0.15) is 99.6 Å². The second-order valence-corrected chi connectivity index (χ2v) is 36.9. The van der Waals surface area contributed by atoms with Crippen LogP contribution < -0.4 is 50.4 Å². The molecule has 118 heavy (non-hydrogen) atoms. The fourth-order valence-electron chi connectivity index (χ4n) is 16.5. The number of hydrogen-bond donors (Lipinski definition) is 6. The Bertz CT molecular complexity index is 4700. The maximum absolute atomic E-state index is 14.5. The Labute approximate surface area is 704 Å². The summed E-state index contributed by atoms with van der Waals surface area (Å²) in [4.78, 5) is 130. The summed E-state index contributed by atoms with van der Waals surface area (Å²) in [6, 6.07) is 11.3. The van der Waals surface area contributed by atoms with Gasteiger partial charge < -0.3 is 88.5 Å². The summed E-state index contributed by atoms with van der Waals surface area (Å²) in [5.41, 5.74) is -3.45. The smallest absolute Gasteiger partial charge is 0.408 e. The van der Waals surface area contributed by atoms with Crippen molar-refractivity contribution in [3.63, 3.8) is 0 Å². The highest BCUT2D eigenvalue weighted by atomic mass is 79.9. The molecule has 2 saturated heterocycles. The third-order valence-electron chi connectivity index (χ3n) is 23.3. The van der Waals surface area contributed by atoms with Crippen molar-refractivity contribution in [1.82, 2.24) is 41.0 Å². The quantitative estimate of drug-likeness (QED) is 0.0104. The first kappa shape index (κ1) is 90.3. The summed E-state index contributed by atoms with van der Waals surface area (Å²) >= 11 is 16.3. The van der Waals surface area contributed by atoms with Crippen LogP contribution >= 0.6 is 39.1 Å². The molecule has 8 aliphatic rings. The lowest BCUT2D eigenvalue weighted by Crippen LogP contribution is -2.59. The van der Waals surface area contributed by atoms with Crippen LogP contribution in [0.2, 0.25) is 10.0 Å². The summed E-state index contributed by atoms with van der Waals surface area (Å²) < 4.78 is 87.9. The van der Waals surface area contributed by atoms with E-state index in [1.54, 1.807) is 77.5 Å². The van der Waals surface area contributed by atoms with Crippen molar-refractivity contribution in [2.75, 3.05) is 74.1 Å². The Morgan fingerprint density at radius 3 is 1.56 bits per heavy atom. The van der Waals surface area contributed by atoms with Crippen LogP contribution in [0.3, 0.4) is 0 Å². The number of esters is 1. The number of H-pyrrole nitrogens is 1. The largest absolute Gasteiger partial charge is 0.490 e. The highest BCUT2D eigenvalue weighted by Crippen LogP contribution is 2.54. The summed E-state index contributed by atoms with van der Waals surface area (Å²) in [6.45, 7) is 20.3. The van der Waals surface area contributed by atoms with Gasteiger partial charge in [0, 0.05) is 61.0 Å². The first-order valence-corrected chi connectivity index (χ1v) is 43.2. The Hall–Kier alpha value is -8.47. The predicted octanol–water partition coefficient (Wildman–Crippen LogP) is 11.1. The van der Waals surface area contributed by atoms with Gasteiger partial charge in [-0.2, -0.15) is 8.42 Å². The summed E-state index contributed by atoms with van der Waals surface area (Å²) in [5.74, 6) is -0.0425. The number of carboxylic acids is 1. The molecular weight excluding hydrogens is 1660 g/mol. The van der Waals surface area contributed by atoms with Crippen molar-refractivity contribution < 1.29 is 103 Å². The Morgan fingerprint density at radius 1 is 0.602 bits per heavy atom. The molecule has 31 nitrogen and oxygen atoms in total. The van der Waals surface area contributed by atoms with Gasteiger partial charge in [-0.3, -0.25) is 28.2 Å². The van der Waals surface area contributed by atoms with Crippen LogP contribution in [0.25, 0.3) is 21.8 Å². The molecule has 6 amide bonds. The number of likely N-dealkylation sites (tertiary alicyclic amines) is 2. The number of methoxy groups -OCH3 is 3. The van der Waals surface area contributed by atoms with E-state index in [1.807, 2.05) is 48.5 Å². The summed E-state index contributed by atoms with van der Waals surface area (Å²) in [6.07, 6.45) is 3.85. The molecular formula is C83H109BrCl2N8O23S. The molecule has 0 radical (unpaired) electrons. The number of aliphatic carboxylic acids is 1. The van der Waals surface area contributed by atoms with E-state index in [4.69, 9.17) is 74.8 Å². The van der Waals surface area contributed by atoms with Gasteiger partial charge in [-0.05, 0) is 160 Å². The van der Waals surface area contributed by atoms with Crippen LogP contribution in [-0.4, -0.2) is 215 Å². The molecule has 2 aliphatic heterocycles. The normalized spacial score (nSPS) is 26.1. The maximum Gasteiger partial charge on any atom is 0.408 e. The van der Waals surface area contributed by atoms with Gasteiger partial charge in [0.15, 0.2) is 11.3 Å². The van der Waals surface area contributed by atoms with Crippen LogP contribution in [0.15, 0.2) is 74.8 Å². The average Bonchev–Trinajstić information content (AvgIpc) is 1.58. The van der Waals surface area contributed by atoms with Crippen LogP contribution in [0.5, 0.6) is 29.0 Å². The second kappa shape index (κ2) is 37.7. The third kappa shape index (κ3) is 21.1. The molecule has 0 bridgehead atoms. The molecule has 0 spiro atoms. The van der Waals surface area contributed by atoms with Gasteiger partial charge in [-0.25, -0.2) is 24.2 Å². The van der Waals surface area contributed by atoms with E-state index >= 15 is 0 Å². The monoisotopic (exact) mass is 1770 g/mol. The highest BCUT2D eigenvalue weighted by Gasteiger charge is 2.64. The second-order valence-electron chi connectivity index (χ2n) is 33.7. The number of carbonyl (C=O) groups is 8. The van der Waals surface area contributed by atoms with E-state index in [0.717, 1.165) is 25.7 Å². The molecule has 6 N–H and O–H groups in total. The fourth-order valence-corrected chi connectivity index (χ4v) is 18.4. The minimum atomic E-state index is -4.25. The molecule has 35 heteroatoms. The molecule has 2 unspecified atom stereocenters. The van der Waals surface area contributed by atoms with E-state index in [0.29, 0.717) is 137 Å². The number of aromatic nitrogens is 2. The van der Waals surface area contributed by atoms with Crippen molar-refractivity contribution in [2.45, 2.75) is 211 Å². The standard InChI is InChI=1S/C38H51ClN4O10.C31H42BrN3O9S.C14H16ClNO4/c1-7-22-18-38(22,35(46)47)42-33(44)26-16-24(19-43(26)34(45)32(37(3,4)5)41-36(48)53-23-14-20-13-21(20)15-23)52-28-17-29(50-8-2)40-31-25(28)9-10-27(30(31)39)51-12-11-49-6;1-6-19-15-31(19,28(38)42-5)34-26(36)24-14-22(44-45(40,41)23-9-7-20(32)8-10-23)16-35(24)27(37)25(30(2,3)4)33-29(39)43-21-12-17-11-18(17)13-21;1-3-19-12-8-10(17)9-4-5-11(20-7-6-18-2)13(15)14(9)16-12/h9-10,17,20-24,26,32H,7-8,11-16,18-19H2,1-6H3,(H,41,48)(H,42,44)(H,46,47);7-10,17-19,21-22,24-25H,6,11-16H2,1-5H3,(H,33,39)(H,34,36);4-5,8H,3,6-7H2,1-2H3,(H,16,17)/t20-,21+,22-,23?,24-,26+,32-,38-;17-,18+,19-,21?,22+,24+,25-,31-;/m11./s1. The van der Waals surface area contributed by atoms with Crippen molar-refractivity contribution in [2.24, 2.45) is 46.3 Å². The number of fused-ring (bicyclic) bond motifs is 4. The number of halogens is 3. The number of carboxylic acid groups (broad SMARTS) is 1. The highest BCUT2D eigenvalue weighted by molar-refractivity contribution is 9.10. The molecule has 16 atom stereocenters. The molecule has 6 saturated carbocycles. The molecule has 3 aromatic carbocycles. The number of benzene rings is 3. The van der Waals surface area contributed by atoms with Gasteiger partial charge in [0.25, 0.3) is 10.1 Å². The zero-order valence-corrected chi connectivity index (χ0v) is 72.7. The molecule has 8 fully saturated rings. The van der Waals surface area contributed by atoms with Gasteiger partial charge in [-0.15, -0.1) is 0 Å². The fraction of sp³-hybridized carbons (Fsp3) is 0.614. The first-order valence-electron chi connectivity index (χ1n) is 40.3. The van der Waals surface area contributed by atoms with Crippen molar-refractivity contribution in [3.05, 3.63) is 85.4 Å². The summed E-state index contributed by atoms with van der Waals surface area (Å²) in [5, 5.41) is 22.9. The zero-order valence-electron chi connectivity index (χ0n) is 68.8. The van der Waals surface area contributed by atoms with Crippen molar-refractivity contribution >= 4 is 119 Å². The van der Waals surface area contributed by atoms with Gasteiger partial charge >= 0.3 is 24.1 Å². The summed E-state index contributed by atoms with van der Waals surface area (Å²) in [7, 11) is 0.164. The first-order chi connectivity index (χ1) is 55.9. The molecule has 6 aliphatic carbocycles. The van der Waals surface area contributed by atoms with Crippen molar-refractivity contribution in [3.8, 4) is 29.0 Å². The average molecular weight is 1770 g/mol. The number of carbonyl (C=O) groups excluding carboxylic acids is 7. The number of pyridine rings is 2. The van der Waals surface area contributed by atoms with E-state index in [1.165, 1.54) is 48.0 Å². The molecule has 5 aromatic rings. The minimum absolute atomic E-state index is 0.0246. The number of aromatic amines is 1. The molecule has 4 heterocycles. The van der Waals surface area contributed by atoms with Gasteiger partial charge in [0.2, 0.25) is 29.5 Å². The minimum Gasteiger partial charge on any atom is -0.490 e. The number of nitrogens with zero attached hydrogens (tertiary/aromatic N) is 3. The number of rotatable bonds is 31.